The first-order chi connectivity index (χ1) is 11.9. The zero-order valence-corrected chi connectivity index (χ0v) is 15.8. The van der Waals surface area contributed by atoms with Gasteiger partial charge in [0.05, 0.1) is 0 Å². The summed E-state index contributed by atoms with van der Waals surface area (Å²) in [5.41, 5.74) is 3.22. The third-order valence-corrected chi connectivity index (χ3v) is 6.25. The van der Waals surface area contributed by atoms with Crippen molar-refractivity contribution >= 4 is 16.8 Å². The molecule has 134 valence electrons. The number of aromatic nitrogens is 1. The van der Waals surface area contributed by atoms with E-state index in [0.717, 1.165) is 25.8 Å². The normalized spacial score (nSPS) is 27.8. The molecule has 1 aliphatic heterocycles. The fourth-order valence-electron chi connectivity index (χ4n) is 5.66. The van der Waals surface area contributed by atoms with E-state index in [1.807, 2.05) is 0 Å². The van der Waals surface area contributed by atoms with E-state index in [-0.39, 0.29) is 0 Å². The van der Waals surface area contributed by atoms with Gasteiger partial charge in [-0.15, -0.1) is 0 Å². The van der Waals surface area contributed by atoms with E-state index in [1.165, 1.54) is 29.3 Å². The Morgan fingerprint density at radius 2 is 2.04 bits per heavy atom. The number of carbonyl (C=O) groups excluding carboxylic acids is 1. The second-order valence-electron chi connectivity index (χ2n) is 9.45. The topological polar surface area (TPSA) is 36.1 Å². The zero-order chi connectivity index (χ0) is 17.7. The molecule has 2 fully saturated rings. The number of amides is 1. The maximum atomic E-state index is 12.9. The van der Waals surface area contributed by atoms with Gasteiger partial charge in [-0.1, -0.05) is 39.0 Å². The number of nitrogens with one attached hydrogen (secondary N) is 1. The summed E-state index contributed by atoms with van der Waals surface area (Å²) in [6.07, 6.45) is 8.28. The van der Waals surface area contributed by atoms with Gasteiger partial charge in [0.15, 0.2) is 0 Å². The molecular formula is C22H30N2O. The number of hydrogen-bond acceptors (Lipinski definition) is 1. The molecule has 4 rings (SSSR count). The molecule has 1 saturated carbocycles. The molecule has 3 heteroatoms. The van der Waals surface area contributed by atoms with Crippen LogP contribution >= 0.6 is 0 Å². The molecule has 0 unspecified atom stereocenters. The van der Waals surface area contributed by atoms with Crippen LogP contribution in [0.5, 0.6) is 0 Å². The Balaban J connectivity index is 1.37. The number of hydrogen-bond donors (Lipinski definition) is 1. The van der Waals surface area contributed by atoms with Crippen LogP contribution in [0.2, 0.25) is 0 Å². The predicted molar refractivity (Wildman–Crippen MR) is 102 cm³/mol. The van der Waals surface area contributed by atoms with Crippen LogP contribution in [0.15, 0.2) is 30.5 Å². The summed E-state index contributed by atoms with van der Waals surface area (Å²) in [4.78, 5) is 18.4. The second kappa shape index (κ2) is 5.89. The average Bonchev–Trinajstić information content (AvgIpc) is 3.05. The number of rotatable bonds is 4. The largest absolute Gasteiger partial charge is 0.361 e. The molecule has 2 atom stereocenters. The first-order valence-electron chi connectivity index (χ1n) is 9.70. The summed E-state index contributed by atoms with van der Waals surface area (Å²) in [6, 6.07) is 8.87. The van der Waals surface area contributed by atoms with Gasteiger partial charge in [0.1, 0.15) is 0 Å². The number of aromatic amines is 1. The number of aryl methyl sites for hydroxylation is 1. The Kier molecular flexibility index (Phi) is 3.93. The molecule has 1 aromatic carbocycles. The summed E-state index contributed by atoms with van der Waals surface area (Å²) in [7, 11) is 0. The van der Waals surface area contributed by atoms with Crippen molar-refractivity contribution in [2.45, 2.75) is 65.3 Å². The lowest BCUT2D eigenvalue weighted by Gasteiger charge is -2.39. The zero-order valence-electron chi connectivity index (χ0n) is 15.8. The molecule has 1 aromatic heterocycles. The highest BCUT2D eigenvalue weighted by atomic mass is 16.2. The fourth-order valence-corrected chi connectivity index (χ4v) is 5.66. The number of carbonyl (C=O) groups is 1. The van der Waals surface area contributed by atoms with Crippen LogP contribution in [0, 0.1) is 10.8 Å². The highest BCUT2D eigenvalue weighted by Gasteiger charge is 2.50. The molecule has 2 bridgehead atoms. The Hall–Kier alpha value is -1.77. The molecule has 0 radical (unpaired) electrons. The van der Waals surface area contributed by atoms with Crippen LogP contribution in [0.1, 0.15) is 58.4 Å². The summed E-state index contributed by atoms with van der Waals surface area (Å²) in [5.74, 6) is 0.367. The average molecular weight is 338 g/mol. The van der Waals surface area contributed by atoms with E-state index in [9.17, 15) is 4.79 Å². The van der Waals surface area contributed by atoms with Crippen LogP contribution in [-0.2, 0) is 11.2 Å². The van der Waals surface area contributed by atoms with Crippen LogP contribution in [0.3, 0.4) is 0 Å². The van der Waals surface area contributed by atoms with E-state index in [4.69, 9.17) is 0 Å². The summed E-state index contributed by atoms with van der Waals surface area (Å²) < 4.78 is 0. The lowest BCUT2D eigenvalue weighted by molar-refractivity contribution is -0.132. The van der Waals surface area contributed by atoms with Gasteiger partial charge in [0, 0.05) is 36.1 Å². The van der Waals surface area contributed by atoms with E-state index >= 15 is 0 Å². The van der Waals surface area contributed by atoms with Crippen molar-refractivity contribution in [1.29, 1.82) is 0 Å². The highest BCUT2D eigenvalue weighted by Crippen LogP contribution is 2.52. The third-order valence-electron chi connectivity index (χ3n) is 6.25. The van der Waals surface area contributed by atoms with Crippen LogP contribution in [0.4, 0.5) is 0 Å². The van der Waals surface area contributed by atoms with Crippen molar-refractivity contribution < 1.29 is 4.79 Å². The minimum atomic E-state index is 0.332. The molecule has 1 N–H and O–H groups in total. The van der Waals surface area contributed by atoms with Crippen LogP contribution < -0.4 is 0 Å². The van der Waals surface area contributed by atoms with Gasteiger partial charge in [-0.05, 0) is 54.6 Å². The lowest BCUT2D eigenvalue weighted by atomic mass is 9.65. The molecule has 0 spiro atoms. The van der Waals surface area contributed by atoms with Gasteiger partial charge in [0.2, 0.25) is 5.91 Å². The van der Waals surface area contributed by atoms with Gasteiger partial charge in [-0.3, -0.25) is 4.79 Å². The molecule has 3 nitrogen and oxygen atoms in total. The summed E-state index contributed by atoms with van der Waals surface area (Å²) in [5, 5.41) is 1.29. The monoisotopic (exact) mass is 338 g/mol. The van der Waals surface area contributed by atoms with Gasteiger partial charge in [-0.25, -0.2) is 0 Å². The standard InChI is InChI=1S/C22H30N2O/c1-21(2)11-17-12-22(3,14-21)15-24(17)20(25)10-6-7-16-13-23-19-9-5-4-8-18(16)19/h4-5,8-9,13,17,23H,6-7,10-12,14-15H2,1-3H3/t17-,22+/m1/s1. The first-order valence-corrected chi connectivity index (χ1v) is 9.70. The lowest BCUT2D eigenvalue weighted by Crippen LogP contribution is -2.37. The SMILES string of the molecule is CC1(C)C[C@@H]2C[C@](C)(CN2C(=O)CCCc2c[nH]c3ccccc23)C1. The number of benzene rings is 1. The smallest absolute Gasteiger partial charge is 0.222 e. The van der Waals surface area contributed by atoms with E-state index in [1.54, 1.807) is 0 Å². The number of H-pyrrole nitrogens is 1. The Labute approximate surface area is 150 Å². The Morgan fingerprint density at radius 1 is 1.24 bits per heavy atom. The molecular weight excluding hydrogens is 308 g/mol. The Morgan fingerprint density at radius 3 is 2.88 bits per heavy atom. The van der Waals surface area contributed by atoms with Crippen molar-refractivity contribution in [2.75, 3.05) is 6.54 Å². The number of para-hydroxylation sites is 1. The first kappa shape index (κ1) is 16.7. The highest BCUT2D eigenvalue weighted by molar-refractivity contribution is 5.83. The molecule has 2 aromatic rings. The molecule has 2 heterocycles. The number of fused-ring (bicyclic) bond motifs is 3. The van der Waals surface area contributed by atoms with Gasteiger partial charge in [0.25, 0.3) is 0 Å². The van der Waals surface area contributed by atoms with Crippen molar-refractivity contribution in [3.8, 4) is 0 Å². The van der Waals surface area contributed by atoms with Crippen molar-refractivity contribution in [3.63, 3.8) is 0 Å². The van der Waals surface area contributed by atoms with Crippen molar-refractivity contribution in [2.24, 2.45) is 10.8 Å². The third kappa shape index (κ3) is 3.21. The van der Waals surface area contributed by atoms with E-state index in [0.29, 0.717) is 29.2 Å². The fraction of sp³-hybridized carbons (Fsp3) is 0.591. The maximum absolute atomic E-state index is 12.9. The number of nitrogens with zero attached hydrogens (tertiary/aromatic N) is 1. The molecule has 1 aliphatic carbocycles. The molecule has 1 saturated heterocycles. The predicted octanol–water partition coefficient (Wildman–Crippen LogP) is 4.92. The second-order valence-corrected chi connectivity index (χ2v) is 9.45. The van der Waals surface area contributed by atoms with Gasteiger partial charge < -0.3 is 9.88 Å². The van der Waals surface area contributed by atoms with Gasteiger partial charge in [-0.2, -0.15) is 0 Å². The van der Waals surface area contributed by atoms with E-state index in [2.05, 4.69) is 61.1 Å². The molecule has 1 amide bonds. The Bertz CT molecular complexity index is 790. The van der Waals surface area contributed by atoms with Gasteiger partial charge >= 0.3 is 0 Å². The van der Waals surface area contributed by atoms with E-state index < -0.39 is 0 Å². The van der Waals surface area contributed by atoms with Crippen LogP contribution in [0.25, 0.3) is 10.9 Å². The van der Waals surface area contributed by atoms with Crippen LogP contribution in [-0.4, -0.2) is 28.4 Å². The molecule has 2 aliphatic rings. The molecule has 25 heavy (non-hydrogen) atoms. The quantitative estimate of drug-likeness (QED) is 0.844. The van der Waals surface area contributed by atoms with Crippen molar-refractivity contribution in [3.05, 3.63) is 36.0 Å². The van der Waals surface area contributed by atoms with Crippen molar-refractivity contribution in [1.82, 2.24) is 9.88 Å². The minimum Gasteiger partial charge on any atom is -0.361 e. The minimum absolute atomic E-state index is 0.332. The number of likely N-dealkylation sites (tertiary alicyclic amines) is 1. The summed E-state index contributed by atoms with van der Waals surface area (Å²) >= 11 is 0. The maximum Gasteiger partial charge on any atom is 0.222 e. The summed E-state index contributed by atoms with van der Waals surface area (Å²) in [6.45, 7) is 8.07.